The molecule has 0 radical (unpaired) electrons. The first-order chi connectivity index (χ1) is 18.1. The Morgan fingerprint density at radius 1 is 0.811 bits per heavy atom. The second-order valence-electron chi connectivity index (χ2n) is 8.82. The van der Waals surface area contributed by atoms with E-state index in [1.165, 1.54) is 0 Å². The Labute approximate surface area is 213 Å². The summed E-state index contributed by atoms with van der Waals surface area (Å²) in [4.78, 5) is 33.2. The number of hydrogen-bond donors (Lipinski definition) is 0. The van der Waals surface area contributed by atoms with Crippen molar-refractivity contribution >= 4 is 28.8 Å². The van der Waals surface area contributed by atoms with Crippen LogP contribution in [0.4, 0.5) is 5.69 Å². The fourth-order valence-corrected chi connectivity index (χ4v) is 4.65. The first kappa shape index (κ1) is 22.4. The SMILES string of the molecule is Cc1c(-c2ccccc2)oc2c(C(=O)N3C=CN=Cc4cc(-c5ccccc5)ccc43)cccc2c1=O. The van der Waals surface area contributed by atoms with Crippen LogP contribution in [-0.4, -0.2) is 12.1 Å². The third kappa shape index (κ3) is 3.96. The van der Waals surface area contributed by atoms with Crippen molar-refractivity contribution in [1.29, 1.82) is 0 Å². The molecule has 37 heavy (non-hydrogen) atoms. The summed E-state index contributed by atoms with van der Waals surface area (Å²) in [7, 11) is 0. The molecule has 5 nitrogen and oxygen atoms in total. The number of carbonyl (C=O) groups is 1. The smallest absolute Gasteiger partial charge is 0.266 e. The van der Waals surface area contributed by atoms with Crippen LogP contribution in [0.5, 0.6) is 0 Å². The number of anilines is 1. The quantitative estimate of drug-likeness (QED) is 0.279. The maximum absolute atomic E-state index is 14.0. The van der Waals surface area contributed by atoms with Gasteiger partial charge in [0.05, 0.1) is 16.6 Å². The van der Waals surface area contributed by atoms with Crippen molar-refractivity contribution in [3.05, 3.63) is 136 Å². The third-order valence-electron chi connectivity index (χ3n) is 6.54. The van der Waals surface area contributed by atoms with Gasteiger partial charge in [-0.25, -0.2) is 0 Å². The summed E-state index contributed by atoms with van der Waals surface area (Å²) in [6, 6.07) is 30.5. The molecule has 2 heterocycles. The van der Waals surface area contributed by atoms with E-state index >= 15 is 0 Å². The van der Waals surface area contributed by atoms with Gasteiger partial charge in [-0.1, -0.05) is 72.8 Å². The van der Waals surface area contributed by atoms with Crippen LogP contribution in [0.15, 0.2) is 124 Å². The lowest BCUT2D eigenvalue weighted by Gasteiger charge is -2.21. The van der Waals surface area contributed by atoms with Gasteiger partial charge in [-0.3, -0.25) is 19.5 Å². The molecule has 5 heteroatoms. The number of hydrogen-bond acceptors (Lipinski definition) is 4. The lowest BCUT2D eigenvalue weighted by molar-refractivity contribution is 0.0998. The Morgan fingerprint density at radius 2 is 1.54 bits per heavy atom. The van der Waals surface area contributed by atoms with Crippen LogP contribution < -0.4 is 10.3 Å². The molecule has 1 amide bonds. The maximum Gasteiger partial charge on any atom is 0.266 e. The summed E-state index contributed by atoms with van der Waals surface area (Å²) in [5.74, 6) is 0.146. The molecule has 0 spiro atoms. The summed E-state index contributed by atoms with van der Waals surface area (Å²) < 4.78 is 6.30. The van der Waals surface area contributed by atoms with E-state index in [-0.39, 0.29) is 16.9 Å². The normalized spacial score (nSPS) is 12.4. The summed E-state index contributed by atoms with van der Waals surface area (Å²) in [5, 5.41) is 0.373. The molecule has 0 saturated heterocycles. The van der Waals surface area contributed by atoms with Gasteiger partial charge in [0.2, 0.25) is 0 Å². The number of aliphatic imine (C=N–C) groups is 1. The molecule has 4 aromatic carbocycles. The van der Waals surface area contributed by atoms with Crippen molar-refractivity contribution in [2.45, 2.75) is 6.92 Å². The summed E-state index contributed by atoms with van der Waals surface area (Å²) in [6.07, 6.45) is 4.96. The van der Waals surface area contributed by atoms with Gasteiger partial charge in [-0.05, 0) is 42.3 Å². The third-order valence-corrected chi connectivity index (χ3v) is 6.54. The van der Waals surface area contributed by atoms with E-state index in [0.717, 1.165) is 22.3 Å². The summed E-state index contributed by atoms with van der Waals surface area (Å²) in [6.45, 7) is 1.75. The van der Waals surface area contributed by atoms with Gasteiger partial charge >= 0.3 is 0 Å². The molecule has 0 fully saturated rings. The molecular formula is C32H22N2O3. The average Bonchev–Trinajstić information content (AvgIpc) is 3.17. The van der Waals surface area contributed by atoms with E-state index in [4.69, 9.17) is 4.42 Å². The Hall–Kier alpha value is -5.03. The van der Waals surface area contributed by atoms with Gasteiger partial charge in [0.25, 0.3) is 5.91 Å². The van der Waals surface area contributed by atoms with Crippen LogP contribution in [0.3, 0.4) is 0 Å². The molecule has 0 bridgehead atoms. The maximum atomic E-state index is 14.0. The van der Waals surface area contributed by atoms with Crippen molar-refractivity contribution < 1.29 is 9.21 Å². The monoisotopic (exact) mass is 482 g/mol. The minimum atomic E-state index is -0.313. The predicted molar refractivity (Wildman–Crippen MR) is 148 cm³/mol. The number of nitrogens with zero attached hydrogens (tertiary/aromatic N) is 2. The molecular weight excluding hydrogens is 460 g/mol. The van der Waals surface area contributed by atoms with Crippen LogP contribution in [0.2, 0.25) is 0 Å². The Kier molecular flexibility index (Phi) is 5.58. The molecule has 0 saturated carbocycles. The van der Waals surface area contributed by atoms with Crippen LogP contribution in [-0.2, 0) is 0 Å². The number of fused-ring (bicyclic) bond motifs is 2. The van der Waals surface area contributed by atoms with Gasteiger partial charge in [0.1, 0.15) is 5.76 Å². The van der Waals surface area contributed by atoms with Crippen LogP contribution in [0.1, 0.15) is 21.5 Å². The highest BCUT2D eigenvalue weighted by Gasteiger charge is 2.24. The number of benzene rings is 4. The molecule has 1 aliphatic heterocycles. The zero-order valence-electron chi connectivity index (χ0n) is 20.1. The zero-order valence-corrected chi connectivity index (χ0v) is 20.1. The molecule has 0 atom stereocenters. The minimum Gasteiger partial charge on any atom is -0.455 e. The Balaban J connectivity index is 1.48. The standard InChI is InChI=1S/C32H22N2O3/c1-21-29(35)26-13-8-14-27(31(26)37-30(21)23-11-6-3-7-12-23)32(36)34-18-17-33-20-25-19-24(15-16-28(25)34)22-9-4-2-5-10-22/h2-20H,1H3. The topological polar surface area (TPSA) is 62.9 Å². The molecule has 0 unspecified atom stereocenters. The van der Waals surface area contributed by atoms with Gasteiger partial charge in [0.15, 0.2) is 11.0 Å². The highest BCUT2D eigenvalue weighted by atomic mass is 16.3. The first-order valence-electron chi connectivity index (χ1n) is 12.0. The number of rotatable bonds is 3. The Morgan fingerprint density at radius 3 is 2.30 bits per heavy atom. The van der Waals surface area contributed by atoms with E-state index in [1.54, 1.807) is 48.6 Å². The first-order valence-corrected chi connectivity index (χ1v) is 12.0. The van der Waals surface area contributed by atoms with Crippen LogP contribution in [0, 0.1) is 6.92 Å². The molecule has 178 valence electrons. The molecule has 1 aliphatic rings. The highest BCUT2D eigenvalue weighted by molar-refractivity contribution is 6.15. The Bertz CT molecular complexity index is 1770. The van der Waals surface area contributed by atoms with E-state index in [0.29, 0.717) is 28.0 Å². The molecule has 0 N–H and O–H groups in total. The summed E-state index contributed by atoms with van der Waals surface area (Å²) in [5.41, 5.74) is 5.30. The number of para-hydroxylation sites is 1. The van der Waals surface area contributed by atoms with Crippen molar-refractivity contribution in [3.63, 3.8) is 0 Å². The average molecular weight is 483 g/mol. The number of carbonyl (C=O) groups excluding carboxylic acids is 1. The van der Waals surface area contributed by atoms with Gasteiger partial charge < -0.3 is 4.42 Å². The van der Waals surface area contributed by atoms with Crippen molar-refractivity contribution in [2.24, 2.45) is 4.99 Å². The van der Waals surface area contributed by atoms with E-state index in [1.807, 2.05) is 78.9 Å². The predicted octanol–water partition coefficient (Wildman–Crippen LogP) is 6.99. The van der Waals surface area contributed by atoms with E-state index in [9.17, 15) is 9.59 Å². The van der Waals surface area contributed by atoms with E-state index in [2.05, 4.69) is 4.99 Å². The number of amides is 1. The van der Waals surface area contributed by atoms with Gasteiger partial charge in [0, 0.05) is 35.3 Å². The molecule has 0 aliphatic carbocycles. The van der Waals surface area contributed by atoms with Crippen LogP contribution in [0.25, 0.3) is 33.4 Å². The fraction of sp³-hybridized carbons (Fsp3) is 0.0312. The van der Waals surface area contributed by atoms with Gasteiger partial charge in [-0.2, -0.15) is 0 Å². The lowest BCUT2D eigenvalue weighted by atomic mass is 10.0. The van der Waals surface area contributed by atoms with Gasteiger partial charge in [-0.15, -0.1) is 0 Å². The van der Waals surface area contributed by atoms with Crippen molar-refractivity contribution in [3.8, 4) is 22.5 Å². The highest BCUT2D eigenvalue weighted by Crippen LogP contribution is 2.32. The second-order valence-corrected chi connectivity index (χ2v) is 8.82. The molecule has 5 aromatic rings. The fourth-order valence-electron chi connectivity index (χ4n) is 4.65. The largest absolute Gasteiger partial charge is 0.455 e. The van der Waals surface area contributed by atoms with Crippen molar-refractivity contribution in [2.75, 3.05) is 4.90 Å². The van der Waals surface area contributed by atoms with E-state index < -0.39 is 0 Å². The molecule has 6 rings (SSSR count). The minimum absolute atomic E-state index is 0.155. The lowest BCUT2D eigenvalue weighted by Crippen LogP contribution is -2.26. The van der Waals surface area contributed by atoms with Crippen molar-refractivity contribution in [1.82, 2.24) is 0 Å². The second kappa shape index (κ2) is 9.21. The molecule has 1 aromatic heterocycles. The zero-order chi connectivity index (χ0) is 25.4. The summed E-state index contributed by atoms with van der Waals surface area (Å²) >= 11 is 0. The van der Waals surface area contributed by atoms with Crippen LogP contribution >= 0.6 is 0 Å².